The van der Waals surface area contributed by atoms with E-state index in [9.17, 15) is 14.4 Å². The number of unbranched alkanes of at least 4 members (excludes halogenated alkanes) is 1. The van der Waals surface area contributed by atoms with Gasteiger partial charge in [-0.15, -0.1) is 0 Å². The largest absolute Gasteiger partial charge is 0.444 e. The van der Waals surface area contributed by atoms with Crippen molar-refractivity contribution in [2.24, 2.45) is 0 Å². The predicted octanol–water partition coefficient (Wildman–Crippen LogP) is 4.26. The summed E-state index contributed by atoms with van der Waals surface area (Å²) in [6.45, 7) is 7.63. The van der Waals surface area contributed by atoms with Gasteiger partial charge in [0.15, 0.2) is 0 Å². The van der Waals surface area contributed by atoms with E-state index >= 15 is 0 Å². The van der Waals surface area contributed by atoms with Gasteiger partial charge >= 0.3 is 6.09 Å². The highest BCUT2D eigenvalue weighted by molar-refractivity contribution is 5.94. The summed E-state index contributed by atoms with van der Waals surface area (Å²) in [5, 5.41) is 2.84. The van der Waals surface area contributed by atoms with Crippen LogP contribution in [-0.4, -0.2) is 66.0 Å². The van der Waals surface area contributed by atoms with E-state index in [0.717, 1.165) is 24.8 Å². The van der Waals surface area contributed by atoms with Crippen LogP contribution in [0.4, 0.5) is 4.79 Å². The van der Waals surface area contributed by atoms with Crippen molar-refractivity contribution in [3.63, 3.8) is 0 Å². The molecule has 0 atom stereocenters. The van der Waals surface area contributed by atoms with E-state index in [1.54, 1.807) is 21.9 Å². The number of amides is 3. The Bertz CT molecular complexity index is 1100. The fourth-order valence-corrected chi connectivity index (χ4v) is 3.93. The van der Waals surface area contributed by atoms with Crippen LogP contribution >= 0.6 is 0 Å². The molecule has 7 nitrogen and oxygen atoms in total. The van der Waals surface area contributed by atoms with Gasteiger partial charge in [-0.25, -0.2) is 4.79 Å². The lowest BCUT2D eigenvalue weighted by Gasteiger charge is -2.35. The number of rotatable bonds is 7. The summed E-state index contributed by atoms with van der Waals surface area (Å²) < 4.78 is 5.41. The van der Waals surface area contributed by atoms with Crippen molar-refractivity contribution in [3.05, 3.63) is 71.3 Å². The van der Waals surface area contributed by atoms with Gasteiger partial charge < -0.3 is 19.9 Å². The third-order valence-corrected chi connectivity index (χ3v) is 5.92. The molecule has 0 aromatic heterocycles. The van der Waals surface area contributed by atoms with Gasteiger partial charge in [0.1, 0.15) is 5.60 Å². The minimum Gasteiger partial charge on any atom is -0.444 e. The zero-order chi connectivity index (χ0) is 26.7. The van der Waals surface area contributed by atoms with Crippen molar-refractivity contribution >= 4 is 17.9 Å². The topological polar surface area (TPSA) is 79.0 Å². The van der Waals surface area contributed by atoms with E-state index in [4.69, 9.17) is 4.74 Å². The average Bonchev–Trinajstić information content (AvgIpc) is 2.89. The van der Waals surface area contributed by atoms with Crippen molar-refractivity contribution in [3.8, 4) is 11.8 Å². The van der Waals surface area contributed by atoms with E-state index in [1.807, 2.05) is 51.1 Å². The summed E-state index contributed by atoms with van der Waals surface area (Å²) in [6, 6.07) is 17.4. The molecule has 2 aromatic carbocycles. The molecule has 2 aromatic rings. The molecule has 3 rings (SSSR count). The molecule has 1 saturated heterocycles. The second-order valence-corrected chi connectivity index (χ2v) is 10.1. The lowest BCUT2D eigenvalue weighted by Crippen LogP contribution is -2.51. The maximum Gasteiger partial charge on any atom is 0.410 e. The second kappa shape index (κ2) is 13.5. The minimum absolute atomic E-state index is 0.00933. The van der Waals surface area contributed by atoms with E-state index in [1.165, 1.54) is 5.56 Å². The van der Waals surface area contributed by atoms with Crippen LogP contribution in [0, 0.1) is 11.8 Å². The van der Waals surface area contributed by atoms with Crippen molar-refractivity contribution in [1.82, 2.24) is 15.1 Å². The maximum absolute atomic E-state index is 12.8. The monoisotopic (exact) mass is 503 g/mol. The number of nitrogens with one attached hydrogen (secondary N) is 1. The SMILES string of the molecule is CC(C)(C)OC(=O)N1CCN(C(=O)c2ccc(C#CCNC(=O)CCCCc3ccccc3)cc2)CC1. The first-order valence-electron chi connectivity index (χ1n) is 12.9. The van der Waals surface area contributed by atoms with Crippen molar-refractivity contribution in [2.75, 3.05) is 32.7 Å². The molecule has 0 saturated carbocycles. The van der Waals surface area contributed by atoms with Crippen LogP contribution in [-0.2, 0) is 16.0 Å². The molecule has 1 fully saturated rings. The smallest absolute Gasteiger partial charge is 0.410 e. The van der Waals surface area contributed by atoms with Crippen LogP contribution in [0.25, 0.3) is 0 Å². The molecule has 0 unspecified atom stereocenters. The van der Waals surface area contributed by atoms with Gasteiger partial charge in [0, 0.05) is 43.7 Å². The molecule has 0 bridgehead atoms. The number of aryl methyl sites for hydroxylation is 1. The standard InChI is InChI=1S/C30H37N3O4/c1-30(2,3)37-29(36)33-22-20-32(21-23-33)28(35)26-17-15-25(16-18-26)13-9-19-31-27(34)14-8-7-12-24-10-5-4-6-11-24/h4-6,10-11,15-18H,7-8,12,14,19-23H2,1-3H3,(H,31,34). The number of nitrogens with zero attached hydrogens (tertiary/aromatic N) is 2. The Labute approximate surface area is 220 Å². The first kappa shape index (κ1) is 27.8. The lowest BCUT2D eigenvalue weighted by molar-refractivity contribution is -0.120. The Morgan fingerprint density at radius 3 is 2.19 bits per heavy atom. The Morgan fingerprint density at radius 1 is 0.892 bits per heavy atom. The summed E-state index contributed by atoms with van der Waals surface area (Å²) in [4.78, 5) is 40.5. The molecule has 1 heterocycles. The first-order valence-corrected chi connectivity index (χ1v) is 12.9. The number of ether oxygens (including phenoxy) is 1. The highest BCUT2D eigenvalue weighted by atomic mass is 16.6. The zero-order valence-electron chi connectivity index (χ0n) is 22.1. The third kappa shape index (κ3) is 9.64. The minimum atomic E-state index is -0.539. The average molecular weight is 504 g/mol. The van der Waals surface area contributed by atoms with Crippen LogP contribution < -0.4 is 5.32 Å². The molecule has 0 spiro atoms. The van der Waals surface area contributed by atoms with Gasteiger partial charge in [-0.3, -0.25) is 9.59 Å². The molecule has 196 valence electrons. The van der Waals surface area contributed by atoms with Gasteiger partial charge in [0.05, 0.1) is 6.54 Å². The highest BCUT2D eigenvalue weighted by Gasteiger charge is 2.28. The molecular formula is C30H37N3O4. The van der Waals surface area contributed by atoms with Crippen molar-refractivity contribution < 1.29 is 19.1 Å². The Balaban J connectivity index is 1.36. The molecular weight excluding hydrogens is 466 g/mol. The second-order valence-electron chi connectivity index (χ2n) is 10.1. The quantitative estimate of drug-likeness (QED) is 0.452. The summed E-state index contributed by atoms with van der Waals surface area (Å²) >= 11 is 0. The normalized spacial score (nSPS) is 13.4. The Hall–Kier alpha value is -3.79. The zero-order valence-corrected chi connectivity index (χ0v) is 22.1. The number of hydrogen-bond donors (Lipinski definition) is 1. The number of piperazine rings is 1. The number of hydrogen-bond acceptors (Lipinski definition) is 4. The molecule has 1 aliphatic rings. The predicted molar refractivity (Wildman–Crippen MR) is 144 cm³/mol. The molecule has 37 heavy (non-hydrogen) atoms. The van der Waals surface area contributed by atoms with Gasteiger partial charge in [0.2, 0.25) is 5.91 Å². The number of carbonyl (C=O) groups excluding carboxylic acids is 3. The van der Waals surface area contributed by atoms with Crippen LogP contribution in [0.1, 0.15) is 61.5 Å². The molecule has 1 N–H and O–H groups in total. The van der Waals surface area contributed by atoms with E-state index in [2.05, 4.69) is 29.3 Å². The van der Waals surface area contributed by atoms with Crippen LogP contribution in [0.2, 0.25) is 0 Å². The van der Waals surface area contributed by atoms with Crippen molar-refractivity contribution in [2.45, 2.75) is 52.1 Å². The lowest BCUT2D eigenvalue weighted by atomic mass is 10.1. The summed E-state index contributed by atoms with van der Waals surface area (Å²) in [5.41, 5.74) is 2.12. The first-order chi connectivity index (χ1) is 17.7. The summed E-state index contributed by atoms with van der Waals surface area (Å²) in [6.07, 6.45) is 2.96. The van der Waals surface area contributed by atoms with Gasteiger partial charge in [-0.05, 0) is 69.9 Å². The van der Waals surface area contributed by atoms with E-state index < -0.39 is 5.60 Å². The van der Waals surface area contributed by atoms with Gasteiger partial charge in [0.25, 0.3) is 5.91 Å². The van der Waals surface area contributed by atoms with Crippen LogP contribution in [0.5, 0.6) is 0 Å². The Morgan fingerprint density at radius 2 is 1.54 bits per heavy atom. The third-order valence-electron chi connectivity index (χ3n) is 5.92. The summed E-state index contributed by atoms with van der Waals surface area (Å²) in [5.74, 6) is 5.93. The fraction of sp³-hybridized carbons (Fsp3) is 0.433. The van der Waals surface area contributed by atoms with Crippen molar-refractivity contribution in [1.29, 1.82) is 0 Å². The maximum atomic E-state index is 12.8. The molecule has 0 aliphatic carbocycles. The van der Waals surface area contributed by atoms with Gasteiger partial charge in [-0.1, -0.05) is 42.2 Å². The molecule has 0 radical (unpaired) electrons. The van der Waals surface area contributed by atoms with Gasteiger partial charge in [-0.2, -0.15) is 0 Å². The Kier molecular flexibility index (Phi) is 10.1. The van der Waals surface area contributed by atoms with E-state index in [-0.39, 0.29) is 17.9 Å². The molecule has 1 aliphatic heterocycles. The molecule has 7 heteroatoms. The number of carbonyl (C=O) groups is 3. The van der Waals surface area contributed by atoms with Crippen LogP contribution in [0.15, 0.2) is 54.6 Å². The highest BCUT2D eigenvalue weighted by Crippen LogP contribution is 2.14. The van der Waals surface area contributed by atoms with E-state index in [0.29, 0.717) is 44.7 Å². The summed E-state index contributed by atoms with van der Waals surface area (Å²) in [7, 11) is 0. The van der Waals surface area contributed by atoms with Crippen LogP contribution in [0.3, 0.4) is 0 Å². The number of benzene rings is 2. The fourth-order valence-electron chi connectivity index (χ4n) is 3.93. The molecule has 3 amide bonds.